The van der Waals surface area contributed by atoms with Crippen molar-refractivity contribution < 1.29 is 8.83 Å². The average Bonchev–Trinajstić information content (AvgIpc) is 3.91. The maximum Gasteiger partial charge on any atom is 0.159 e. The van der Waals surface area contributed by atoms with Gasteiger partial charge in [0.25, 0.3) is 0 Å². The van der Waals surface area contributed by atoms with Gasteiger partial charge in [-0.25, -0.2) is 9.98 Å². The van der Waals surface area contributed by atoms with E-state index >= 15 is 0 Å². The van der Waals surface area contributed by atoms with Gasteiger partial charge in [-0.2, -0.15) is 0 Å². The molecule has 3 heterocycles. The third kappa shape index (κ3) is 5.70. The second-order valence-corrected chi connectivity index (χ2v) is 15.3. The van der Waals surface area contributed by atoms with Gasteiger partial charge in [-0.05, 0) is 80.6 Å². The summed E-state index contributed by atoms with van der Waals surface area (Å²) in [6.07, 6.45) is -0.359. The van der Waals surface area contributed by atoms with Crippen molar-refractivity contribution >= 4 is 66.3 Å². The van der Waals surface area contributed by atoms with Crippen LogP contribution >= 0.6 is 0 Å². The first-order chi connectivity index (χ1) is 29.7. The molecule has 0 bridgehead atoms. The van der Waals surface area contributed by atoms with E-state index in [-0.39, 0.29) is 6.17 Å². The molecule has 0 saturated carbocycles. The first kappa shape index (κ1) is 34.1. The SMILES string of the molecule is c1ccc(-c2cccc(C3N=C(c4ccc5ccccc5c4)N=C(c4cccc(-c5cccc6oc7c(-c8cccc9oc%10ccccc%10c89)cccc7c56)c4)N3)c2)cc1. The predicted octanol–water partition coefficient (Wildman–Crippen LogP) is 14.1. The van der Waals surface area contributed by atoms with E-state index in [9.17, 15) is 0 Å². The van der Waals surface area contributed by atoms with Gasteiger partial charge < -0.3 is 14.2 Å². The number of hydrogen-bond acceptors (Lipinski definition) is 5. The Hall–Kier alpha value is -8.02. The van der Waals surface area contributed by atoms with Crippen molar-refractivity contribution in [2.24, 2.45) is 9.98 Å². The molecule has 282 valence electrons. The quantitative estimate of drug-likeness (QED) is 0.183. The number of fused-ring (bicyclic) bond motifs is 7. The summed E-state index contributed by atoms with van der Waals surface area (Å²) in [6, 6.07) is 69.8. The molecule has 11 aromatic rings. The number of benzene rings is 9. The zero-order chi connectivity index (χ0) is 39.6. The van der Waals surface area contributed by atoms with Gasteiger partial charge in [-0.3, -0.25) is 0 Å². The molecule has 0 spiro atoms. The highest BCUT2D eigenvalue weighted by atomic mass is 16.3. The van der Waals surface area contributed by atoms with Gasteiger partial charge in [-0.15, -0.1) is 0 Å². The van der Waals surface area contributed by atoms with Gasteiger partial charge in [0.05, 0.1) is 0 Å². The number of hydrogen-bond donors (Lipinski definition) is 1. The minimum atomic E-state index is -0.359. The molecular formula is C55H35N3O2. The summed E-state index contributed by atoms with van der Waals surface area (Å²) in [5.74, 6) is 1.45. The lowest BCUT2D eigenvalue weighted by atomic mass is 9.95. The fourth-order valence-corrected chi connectivity index (χ4v) is 8.88. The van der Waals surface area contributed by atoms with E-state index in [1.54, 1.807) is 0 Å². The zero-order valence-electron chi connectivity index (χ0n) is 32.3. The van der Waals surface area contributed by atoms with E-state index in [0.29, 0.717) is 5.84 Å². The van der Waals surface area contributed by atoms with E-state index in [1.807, 2.05) is 24.3 Å². The molecule has 5 nitrogen and oxygen atoms in total. The molecule has 1 N–H and O–H groups in total. The maximum atomic E-state index is 6.80. The number of rotatable bonds is 6. The smallest absolute Gasteiger partial charge is 0.159 e. The van der Waals surface area contributed by atoms with E-state index < -0.39 is 0 Å². The van der Waals surface area contributed by atoms with Crippen molar-refractivity contribution in [3.63, 3.8) is 0 Å². The lowest BCUT2D eigenvalue weighted by molar-refractivity contribution is 0.668. The molecule has 9 aromatic carbocycles. The van der Waals surface area contributed by atoms with E-state index in [0.717, 1.165) is 105 Å². The van der Waals surface area contributed by atoms with Crippen LogP contribution in [0.5, 0.6) is 0 Å². The van der Waals surface area contributed by atoms with Gasteiger partial charge in [0.15, 0.2) is 5.84 Å². The number of nitrogens with zero attached hydrogens (tertiary/aromatic N) is 2. The molecule has 60 heavy (non-hydrogen) atoms. The van der Waals surface area contributed by atoms with Gasteiger partial charge in [0.2, 0.25) is 0 Å². The molecule has 12 rings (SSSR count). The molecule has 0 radical (unpaired) electrons. The molecule has 2 aromatic heterocycles. The Morgan fingerprint density at radius 1 is 0.400 bits per heavy atom. The Morgan fingerprint density at radius 2 is 1.05 bits per heavy atom. The van der Waals surface area contributed by atoms with Gasteiger partial charge in [0.1, 0.15) is 34.3 Å². The van der Waals surface area contributed by atoms with Crippen molar-refractivity contribution in [3.05, 3.63) is 217 Å². The monoisotopic (exact) mass is 769 g/mol. The van der Waals surface area contributed by atoms with Crippen LogP contribution in [0.25, 0.3) is 88.0 Å². The van der Waals surface area contributed by atoms with Crippen LogP contribution < -0.4 is 5.32 Å². The van der Waals surface area contributed by atoms with E-state index in [4.69, 9.17) is 18.8 Å². The molecule has 1 unspecified atom stereocenters. The first-order valence-electron chi connectivity index (χ1n) is 20.3. The van der Waals surface area contributed by atoms with Gasteiger partial charge in [0, 0.05) is 38.2 Å². The fourth-order valence-electron chi connectivity index (χ4n) is 8.88. The van der Waals surface area contributed by atoms with Crippen LogP contribution in [0.4, 0.5) is 0 Å². The Labute approximate surface area is 345 Å². The highest BCUT2D eigenvalue weighted by Crippen LogP contribution is 2.44. The molecule has 0 fully saturated rings. The second-order valence-electron chi connectivity index (χ2n) is 15.3. The number of amidine groups is 2. The van der Waals surface area contributed by atoms with Crippen molar-refractivity contribution in [1.29, 1.82) is 0 Å². The van der Waals surface area contributed by atoms with Crippen molar-refractivity contribution in [3.8, 4) is 33.4 Å². The molecule has 1 atom stereocenters. The lowest BCUT2D eigenvalue weighted by Crippen LogP contribution is -2.33. The number of furan rings is 2. The summed E-state index contributed by atoms with van der Waals surface area (Å²) in [7, 11) is 0. The average molecular weight is 770 g/mol. The van der Waals surface area contributed by atoms with Crippen LogP contribution in [-0.4, -0.2) is 11.7 Å². The van der Waals surface area contributed by atoms with E-state index in [1.165, 1.54) is 5.39 Å². The maximum absolute atomic E-state index is 6.80. The topological polar surface area (TPSA) is 63.0 Å². The zero-order valence-corrected chi connectivity index (χ0v) is 32.3. The summed E-state index contributed by atoms with van der Waals surface area (Å²) in [5, 5.41) is 10.4. The third-order valence-electron chi connectivity index (χ3n) is 11.7. The highest BCUT2D eigenvalue weighted by molar-refractivity contribution is 6.20. The molecule has 1 aliphatic heterocycles. The standard InChI is InChI=1S/C55H35N3O2/c1-2-13-34(14-3-1)37-17-8-19-39(31-37)53-56-54(58-55(57-53)41-30-29-35-15-4-5-16-36(35)32-41)40-20-9-18-38(33-40)42-22-11-28-49-50(42)46-25-10-24-44(52(46)60-49)43-23-12-27-48-51(43)45-21-6-7-26-47(45)59-48/h1-33,53H,(H,56,57,58). The molecule has 0 amide bonds. The van der Waals surface area contributed by atoms with Crippen LogP contribution in [0.15, 0.2) is 219 Å². The highest BCUT2D eigenvalue weighted by Gasteiger charge is 2.23. The van der Waals surface area contributed by atoms with E-state index in [2.05, 4.69) is 181 Å². The first-order valence-corrected chi connectivity index (χ1v) is 20.3. The summed E-state index contributed by atoms with van der Waals surface area (Å²) >= 11 is 0. The number of para-hydroxylation sites is 2. The Morgan fingerprint density at radius 3 is 1.97 bits per heavy atom. The van der Waals surface area contributed by atoms with Crippen LogP contribution in [0.1, 0.15) is 22.9 Å². The largest absolute Gasteiger partial charge is 0.456 e. The number of aliphatic imine (C=N–C) groups is 2. The van der Waals surface area contributed by atoms with Gasteiger partial charge >= 0.3 is 0 Å². The fraction of sp³-hybridized carbons (Fsp3) is 0.0182. The Bertz CT molecular complexity index is 3540. The summed E-state index contributed by atoms with van der Waals surface area (Å²) < 4.78 is 13.1. The van der Waals surface area contributed by atoms with Crippen LogP contribution in [0, 0.1) is 0 Å². The molecule has 0 saturated heterocycles. The van der Waals surface area contributed by atoms with Crippen molar-refractivity contribution in [2.45, 2.75) is 6.17 Å². The van der Waals surface area contributed by atoms with Gasteiger partial charge in [-0.1, -0.05) is 164 Å². The number of nitrogens with one attached hydrogen (secondary N) is 1. The summed E-state index contributed by atoms with van der Waals surface area (Å²) in [5.41, 5.74) is 13.0. The predicted molar refractivity (Wildman–Crippen MR) is 247 cm³/mol. The normalized spacial score (nSPS) is 14.2. The molecular weight excluding hydrogens is 735 g/mol. The Kier molecular flexibility index (Phi) is 7.85. The van der Waals surface area contributed by atoms with Crippen LogP contribution in [-0.2, 0) is 0 Å². The Balaban J connectivity index is 0.979. The third-order valence-corrected chi connectivity index (χ3v) is 11.7. The molecule has 5 heteroatoms. The lowest BCUT2D eigenvalue weighted by Gasteiger charge is -2.24. The minimum absolute atomic E-state index is 0.359. The van der Waals surface area contributed by atoms with Crippen LogP contribution in [0.2, 0.25) is 0 Å². The minimum Gasteiger partial charge on any atom is -0.456 e. The summed E-state index contributed by atoms with van der Waals surface area (Å²) in [6.45, 7) is 0. The van der Waals surface area contributed by atoms with Crippen molar-refractivity contribution in [2.75, 3.05) is 0 Å². The second kappa shape index (κ2) is 13.8. The van der Waals surface area contributed by atoms with Crippen LogP contribution in [0.3, 0.4) is 0 Å². The molecule has 1 aliphatic rings. The van der Waals surface area contributed by atoms with Crippen molar-refractivity contribution in [1.82, 2.24) is 5.32 Å². The summed E-state index contributed by atoms with van der Waals surface area (Å²) in [4.78, 5) is 10.5. The molecule has 0 aliphatic carbocycles.